The van der Waals surface area contributed by atoms with Gasteiger partial charge in [-0.05, 0) is 72.8 Å². The third kappa shape index (κ3) is 4.53. The Bertz CT molecular complexity index is 1090. The number of fused-ring (bicyclic) bond motifs is 8. The van der Waals surface area contributed by atoms with Crippen LogP contribution in [0.3, 0.4) is 0 Å². The van der Waals surface area contributed by atoms with Crippen molar-refractivity contribution in [1.29, 1.82) is 0 Å². The first-order chi connectivity index (χ1) is 13.2. The molecule has 3 aromatic rings. The van der Waals surface area contributed by atoms with E-state index in [4.69, 9.17) is 0 Å². The number of H-pyrrole nitrogens is 2. The van der Waals surface area contributed by atoms with Gasteiger partial charge >= 0.3 is 34.6 Å². The number of aromatic amines is 2. The first kappa shape index (κ1) is 18.1. The summed E-state index contributed by atoms with van der Waals surface area (Å²) in [4.78, 5) is 16.0. The van der Waals surface area contributed by atoms with E-state index in [0.29, 0.717) is 0 Å². The summed E-state index contributed by atoms with van der Waals surface area (Å²) in [5.41, 5.74) is 7.86. The molecule has 27 heavy (non-hydrogen) atoms. The summed E-state index contributed by atoms with van der Waals surface area (Å²) in [6.07, 6.45) is 8.09. The van der Waals surface area contributed by atoms with E-state index < -0.39 is 0 Å². The summed E-state index contributed by atoms with van der Waals surface area (Å²) in [6.45, 7) is 0. The summed E-state index contributed by atoms with van der Waals surface area (Å²) in [5.74, 6) is 0. The monoisotopic (exact) mass is 472 g/mol. The third-order valence-corrected chi connectivity index (χ3v) is 4.04. The van der Waals surface area contributed by atoms with Gasteiger partial charge in [-0.1, -0.05) is 0 Å². The molecule has 5 rings (SSSR count). The fourth-order valence-corrected chi connectivity index (χ4v) is 2.94. The van der Waals surface area contributed by atoms with Crippen LogP contribution >= 0.6 is 19.6 Å². The van der Waals surface area contributed by atoms with Crippen molar-refractivity contribution >= 4 is 66.0 Å². The van der Waals surface area contributed by atoms with E-state index in [1.54, 1.807) is 0 Å². The molecule has 0 aromatic carbocycles. The number of nitrogens with one attached hydrogen (secondary N) is 2. The quantitative estimate of drug-likeness (QED) is 0.275. The Hall–Kier alpha value is -2.27. The molecule has 0 fully saturated rings. The SMILES string of the molecule is C1=Cc2cc3ccc(cc4nc(cc5ccc(cc1n2)[nH]5)C=C4)[nH]3.[S]=[Mo]=[S]. The summed E-state index contributed by atoms with van der Waals surface area (Å²) < 4.78 is 0. The van der Waals surface area contributed by atoms with E-state index >= 15 is 0 Å². The van der Waals surface area contributed by atoms with Crippen LogP contribution in [0.2, 0.25) is 0 Å². The van der Waals surface area contributed by atoms with Crippen LogP contribution in [-0.2, 0) is 14.9 Å². The van der Waals surface area contributed by atoms with Gasteiger partial charge in [0.25, 0.3) is 0 Å². The maximum atomic E-state index is 4.63. The standard InChI is InChI=1S/C20H14N4.Mo.2S/c1-2-14-10-16-5-6-18(23-16)12-20-8-7-19(24-20)11-17-4-3-15(22-17)9-13(1)21-14;;;/h1-12,21,24H;;;. The molecule has 0 aliphatic carbocycles. The van der Waals surface area contributed by atoms with Crippen molar-refractivity contribution in [2.45, 2.75) is 0 Å². The number of rotatable bonds is 0. The van der Waals surface area contributed by atoms with Crippen molar-refractivity contribution in [2.75, 3.05) is 0 Å². The Kier molecular flexibility index (Phi) is 5.48. The average Bonchev–Trinajstić information content (AvgIpc) is 3.41. The molecule has 2 aliphatic rings. The maximum absolute atomic E-state index is 4.63. The Morgan fingerprint density at radius 2 is 0.815 bits per heavy atom. The normalized spacial score (nSPS) is 11.7. The molecule has 2 aliphatic heterocycles. The zero-order valence-corrected chi connectivity index (χ0v) is 17.7. The Balaban J connectivity index is 0.000000565. The zero-order chi connectivity index (χ0) is 18.6. The second kappa shape index (κ2) is 8.17. The molecular formula is C20H14MoN4S2. The van der Waals surface area contributed by atoms with E-state index in [2.05, 4.69) is 63.8 Å². The molecular weight excluding hydrogens is 456 g/mol. The van der Waals surface area contributed by atoms with Gasteiger partial charge in [-0.3, -0.25) is 0 Å². The molecule has 132 valence electrons. The van der Waals surface area contributed by atoms with E-state index in [-0.39, 0.29) is 14.9 Å². The van der Waals surface area contributed by atoms with Gasteiger partial charge in [-0.15, -0.1) is 0 Å². The number of hydrogen-bond acceptors (Lipinski definition) is 4. The van der Waals surface area contributed by atoms with Crippen molar-refractivity contribution in [3.63, 3.8) is 0 Å². The predicted molar refractivity (Wildman–Crippen MR) is 114 cm³/mol. The summed E-state index contributed by atoms with van der Waals surface area (Å²) >= 11 is -0.363. The molecule has 4 nitrogen and oxygen atoms in total. The first-order valence-corrected chi connectivity index (χ1v) is 13.8. The van der Waals surface area contributed by atoms with Crippen LogP contribution in [0, 0.1) is 0 Å². The van der Waals surface area contributed by atoms with E-state index in [9.17, 15) is 0 Å². The molecule has 5 heterocycles. The topological polar surface area (TPSA) is 57.4 Å². The van der Waals surface area contributed by atoms with Crippen molar-refractivity contribution in [1.82, 2.24) is 19.9 Å². The molecule has 0 atom stereocenters. The Morgan fingerprint density at radius 1 is 0.556 bits per heavy atom. The van der Waals surface area contributed by atoms with Crippen LogP contribution in [0.25, 0.3) is 46.4 Å². The zero-order valence-electron chi connectivity index (χ0n) is 14.0. The molecule has 7 heteroatoms. The van der Waals surface area contributed by atoms with Gasteiger partial charge in [0.15, 0.2) is 0 Å². The van der Waals surface area contributed by atoms with Crippen LogP contribution in [-0.4, -0.2) is 19.9 Å². The van der Waals surface area contributed by atoms with Gasteiger partial charge in [0.2, 0.25) is 0 Å². The molecule has 2 N–H and O–H groups in total. The number of nitrogens with zero attached hydrogens (tertiary/aromatic N) is 2. The Labute approximate surface area is 171 Å². The molecule has 0 spiro atoms. The molecule has 3 aromatic heterocycles. The minimum absolute atomic E-state index is 0.363. The summed E-state index contributed by atoms with van der Waals surface area (Å²) in [5, 5.41) is 0. The average molecular weight is 470 g/mol. The third-order valence-electron chi connectivity index (χ3n) is 4.04. The van der Waals surface area contributed by atoms with Crippen LogP contribution in [0.1, 0.15) is 22.8 Å². The van der Waals surface area contributed by atoms with Crippen LogP contribution in [0.15, 0.2) is 48.5 Å². The molecule has 8 bridgehead atoms. The van der Waals surface area contributed by atoms with E-state index in [1.165, 1.54) is 0 Å². The van der Waals surface area contributed by atoms with Crippen molar-refractivity contribution in [3.8, 4) is 0 Å². The second-order valence-corrected chi connectivity index (χ2v) is 9.53. The van der Waals surface area contributed by atoms with Crippen LogP contribution in [0.5, 0.6) is 0 Å². The number of aromatic nitrogens is 4. The molecule has 0 saturated carbocycles. The van der Waals surface area contributed by atoms with Gasteiger partial charge in [0.05, 0.1) is 22.8 Å². The Morgan fingerprint density at radius 3 is 1.07 bits per heavy atom. The molecule has 0 saturated heterocycles. The minimum atomic E-state index is -0.363. The van der Waals surface area contributed by atoms with Gasteiger partial charge in [0.1, 0.15) is 0 Å². The number of hydrogen-bond donors (Lipinski definition) is 2. The van der Waals surface area contributed by atoms with Gasteiger partial charge in [-0.2, -0.15) is 0 Å². The van der Waals surface area contributed by atoms with Crippen LogP contribution in [0.4, 0.5) is 0 Å². The predicted octanol–water partition coefficient (Wildman–Crippen LogP) is 5.95. The second-order valence-electron chi connectivity index (χ2n) is 5.97. The fourth-order valence-electron chi connectivity index (χ4n) is 2.94. The molecule has 0 unspecified atom stereocenters. The van der Waals surface area contributed by atoms with Crippen molar-refractivity contribution < 1.29 is 14.9 Å². The van der Waals surface area contributed by atoms with Crippen LogP contribution < -0.4 is 0 Å². The fraction of sp³-hybridized carbons (Fsp3) is 0. The van der Waals surface area contributed by atoms with Gasteiger partial charge in [0, 0.05) is 22.1 Å². The van der Waals surface area contributed by atoms with Gasteiger partial charge < -0.3 is 9.97 Å². The van der Waals surface area contributed by atoms with Gasteiger partial charge in [-0.25, -0.2) is 9.97 Å². The summed E-state index contributed by atoms with van der Waals surface area (Å²) in [6, 6.07) is 16.4. The van der Waals surface area contributed by atoms with Crippen molar-refractivity contribution in [2.24, 2.45) is 0 Å². The molecule has 0 radical (unpaired) electrons. The van der Waals surface area contributed by atoms with Crippen molar-refractivity contribution in [3.05, 3.63) is 71.3 Å². The summed E-state index contributed by atoms with van der Waals surface area (Å²) in [7, 11) is 8.68. The first-order valence-electron chi connectivity index (χ1n) is 8.18. The van der Waals surface area contributed by atoms with E-state index in [0.717, 1.165) is 44.8 Å². The molecule has 0 amide bonds. The van der Waals surface area contributed by atoms with E-state index in [1.807, 2.05) is 48.6 Å².